The Morgan fingerprint density at radius 2 is 1.85 bits per heavy atom. The standard InChI is InChI=1S/C29H39N5O5/c1-29(2,3)21-11-17(13-24(26(21)38-7)39-10-8-9-25(30)36)23(35)16-34-15-18-12-22(33(5)6)20(28(37)32-4)14-19(18)27(34)31/h11-14,31H,8-10,15-16H2,1-7H3,(H2,30,36)(H,32,37). The van der Waals surface area contributed by atoms with Gasteiger partial charge in [-0.2, -0.15) is 0 Å². The van der Waals surface area contributed by atoms with Crippen molar-refractivity contribution in [2.24, 2.45) is 5.73 Å². The van der Waals surface area contributed by atoms with Gasteiger partial charge in [0.05, 0.1) is 25.8 Å². The van der Waals surface area contributed by atoms with Gasteiger partial charge in [0.25, 0.3) is 5.91 Å². The Hall–Kier alpha value is -4.08. The number of nitrogens with one attached hydrogen (secondary N) is 2. The Labute approximate surface area is 229 Å². The minimum absolute atomic E-state index is 0.0167. The van der Waals surface area contributed by atoms with Gasteiger partial charge in [0.1, 0.15) is 5.84 Å². The molecule has 0 spiro atoms. The molecule has 1 aliphatic rings. The zero-order valence-electron chi connectivity index (χ0n) is 23.9. The molecule has 39 heavy (non-hydrogen) atoms. The lowest BCUT2D eigenvalue weighted by Crippen LogP contribution is -2.30. The first kappa shape index (κ1) is 29.5. The average Bonchev–Trinajstić information content (AvgIpc) is 3.17. The molecule has 10 heteroatoms. The monoisotopic (exact) mass is 537 g/mol. The molecule has 3 rings (SSSR count). The molecule has 0 fully saturated rings. The molecule has 0 unspecified atom stereocenters. The first-order chi connectivity index (χ1) is 18.3. The molecule has 4 N–H and O–H groups in total. The van der Waals surface area contributed by atoms with E-state index in [-0.39, 0.29) is 42.5 Å². The number of ether oxygens (including phenoxy) is 2. The molecule has 2 aromatic rings. The zero-order valence-corrected chi connectivity index (χ0v) is 23.9. The predicted molar refractivity (Wildman–Crippen MR) is 151 cm³/mol. The molecule has 10 nitrogen and oxygen atoms in total. The van der Waals surface area contributed by atoms with Gasteiger partial charge in [-0.25, -0.2) is 0 Å². The van der Waals surface area contributed by atoms with E-state index in [1.165, 1.54) is 0 Å². The Morgan fingerprint density at radius 3 is 2.41 bits per heavy atom. The molecule has 0 atom stereocenters. The van der Waals surface area contributed by atoms with Gasteiger partial charge < -0.3 is 30.3 Å². The van der Waals surface area contributed by atoms with Crippen LogP contribution in [0.3, 0.4) is 0 Å². The fraction of sp³-hybridized carbons (Fsp3) is 0.448. The van der Waals surface area contributed by atoms with E-state index in [1.54, 1.807) is 31.2 Å². The fourth-order valence-corrected chi connectivity index (χ4v) is 4.59. The minimum Gasteiger partial charge on any atom is -0.493 e. The number of rotatable bonds is 11. The third-order valence-electron chi connectivity index (χ3n) is 6.66. The lowest BCUT2D eigenvalue weighted by molar-refractivity contribution is -0.118. The maximum atomic E-state index is 13.6. The highest BCUT2D eigenvalue weighted by molar-refractivity contribution is 6.08. The van der Waals surface area contributed by atoms with Crippen LogP contribution in [0.25, 0.3) is 0 Å². The van der Waals surface area contributed by atoms with E-state index in [9.17, 15) is 14.4 Å². The molecule has 210 valence electrons. The van der Waals surface area contributed by atoms with Gasteiger partial charge in [-0.3, -0.25) is 19.8 Å². The Morgan fingerprint density at radius 1 is 1.15 bits per heavy atom. The molecule has 0 saturated carbocycles. The number of anilines is 1. The van der Waals surface area contributed by atoms with Gasteiger partial charge in [-0.1, -0.05) is 20.8 Å². The third kappa shape index (κ3) is 6.50. The van der Waals surface area contributed by atoms with Crippen LogP contribution >= 0.6 is 0 Å². The summed E-state index contributed by atoms with van der Waals surface area (Å²) in [6, 6.07) is 7.10. The molecular formula is C29H39N5O5. The summed E-state index contributed by atoms with van der Waals surface area (Å²) in [6.07, 6.45) is 0.638. The van der Waals surface area contributed by atoms with Crippen molar-refractivity contribution in [3.05, 3.63) is 52.1 Å². The van der Waals surface area contributed by atoms with E-state index in [0.717, 1.165) is 16.8 Å². The van der Waals surface area contributed by atoms with Crippen molar-refractivity contribution >= 4 is 29.1 Å². The Bertz CT molecular complexity index is 1300. The van der Waals surface area contributed by atoms with E-state index in [4.69, 9.17) is 20.6 Å². The highest BCUT2D eigenvalue weighted by Crippen LogP contribution is 2.40. The van der Waals surface area contributed by atoms with Crippen LogP contribution in [0.15, 0.2) is 24.3 Å². The SMILES string of the molecule is CNC(=O)c1cc2c(cc1N(C)C)CN(CC(=O)c1cc(OCCCC(N)=O)c(OC)c(C(C)(C)C)c1)C2=N. The summed E-state index contributed by atoms with van der Waals surface area (Å²) in [4.78, 5) is 40.7. The van der Waals surface area contributed by atoms with Crippen LogP contribution in [-0.4, -0.2) is 69.7 Å². The Kier molecular flexibility index (Phi) is 8.88. The first-order valence-corrected chi connectivity index (χ1v) is 12.9. The van der Waals surface area contributed by atoms with Crippen LogP contribution in [0.1, 0.15) is 71.0 Å². The molecule has 0 aromatic heterocycles. The van der Waals surface area contributed by atoms with E-state index in [1.807, 2.05) is 51.9 Å². The summed E-state index contributed by atoms with van der Waals surface area (Å²) in [5.41, 5.74) is 8.88. The lowest BCUT2D eigenvalue weighted by atomic mass is 9.84. The number of carbonyl (C=O) groups is 3. The number of methoxy groups -OCH3 is 1. The number of amides is 2. The molecule has 0 aliphatic carbocycles. The van der Waals surface area contributed by atoms with Gasteiger partial charge in [-0.15, -0.1) is 0 Å². The highest BCUT2D eigenvalue weighted by atomic mass is 16.5. The van der Waals surface area contributed by atoms with Gasteiger partial charge >= 0.3 is 0 Å². The Balaban J connectivity index is 1.91. The molecule has 2 amide bonds. The second-order valence-corrected chi connectivity index (χ2v) is 10.9. The second kappa shape index (κ2) is 11.8. The molecule has 1 heterocycles. The van der Waals surface area contributed by atoms with E-state index in [0.29, 0.717) is 41.2 Å². The number of carbonyl (C=O) groups excluding carboxylic acids is 3. The highest BCUT2D eigenvalue weighted by Gasteiger charge is 2.30. The largest absolute Gasteiger partial charge is 0.493 e. The number of Topliss-reactive ketones (excluding diaryl/α,β-unsaturated/α-hetero) is 1. The van der Waals surface area contributed by atoms with Gasteiger partial charge in [0.15, 0.2) is 17.3 Å². The van der Waals surface area contributed by atoms with Crippen LogP contribution in [0.2, 0.25) is 0 Å². The summed E-state index contributed by atoms with van der Waals surface area (Å²) in [5.74, 6) is 0.336. The minimum atomic E-state index is -0.404. The second-order valence-electron chi connectivity index (χ2n) is 10.9. The maximum Gasteiger partial charge on any atom is 0.253 e. The number of benzene rings is 2. The van der Waals surface area contributed by atoms with Crippen molar-refractivity contribution in [3.63, 3.8) is 0 Å². The molecule has 0 saturated heterocycles. The summed E-state index contributed by atoms with van der Waals surface area (Å²) in [6.45, 7) is 6.68. The average molecular weight is 538 g/mol. The van der Waals surface area contributed by atoms with Gasteiger partial charge in [0.2, 0.25) is 5.91 Å². The van der Waals surface area contributed by atoms with E-state index >= 15 is 0 Å². The summed E-state index contributed by atoms with van der Waals surface area (Å²) >= 11 is 0. The van der Waals surface area contributed by atoms with Crippen molar-refractivity contribution in [1.82, 2.24) is 10.2 Å². The first-order valence-electron chi connectivity index (χ1n) is 12.9. The number of hydrogen-bond acceptors (Lipinski definition) is 7. The van der Waals surface area contributed by atoms with Gasteiger partial charge in [-0.05, 0) is 41.7 Å². The number of ketones is 1. The van der Waals surface area contributed by atoms with Crippen LogP contribution in [0, 0.1) is 5.41 Å². The molecular weight excluding hydrogens is 498 g/mol. The number of nitrogens with two attached hydrogens (primary N) is 1. The summed E-state index contributed by atoms with van der Waals surface area (Å²) < 4.78 is 11.6. The van der Waals surface area contributed by atoms with Crippen molar-refractivity contribution in [2.75, 3.05) is 46.3 Å². The number of hydrogen-bond donors (Lipinski definition) is 3. The normalized spacial score (nSPS) is 12.7. The number of fused-ring (bicyclic) bond motifs is 1. The number of amidine groups is 1. The molecule has 0 radical (unpaired) electrons. The molecule has 2 aromatic carbocycles. The summed E-state index contributed by atoms with van der Waals surface area (Å²) in [7, 11) is 6.85. The lowest BCUT2D eigenvalue weighted by Gasteiger charge is -2.25. The van der Waals surface area contributed by atoms with Gasteiger partial charge in [0, 0.05) is 56.5 Å². The fourth-order valence-electron chi connectivity index (χ4n) is 4.59. The number of primary amides is 1. The van der Waals surface area contributed by atoms with E-state index in [2.05, 4.69) is 5.32 Å². The zero-order chi connectivity index (χ0) is 29.1. The van der Waals surface area contributed by atoms with Crippen molar-refractivity contribution in [3.8, 4) is 11.5 Å². The van der Waals surface area contributed by atoms with Crippen LogP contribution in [-0.2, 0) is 16.8 Å². The van der Waals surface area contributed by atoms with Crippen LogP contribution < -0.4 is 25.4 Å². The van der Waals surface area contributed by atoms with E-state index < -0.39 is 5.91 Å². The topological polar surface area (TPSA) is 138 Å². The number of nitrogens with zero attached hydrogens (tertiary/aromatic N) is 2. The maximum absolute atomic E-state index is 13.6. The molecule has 1 aliphatic heterocycles. The quantitative estimate of drug-likeness (QED) is 0.296. The van der Waals surface area contributed by atoms with Crippen LogP contribution in [0.4, 0.5) is 5.69 Å². The van der Waals surface area contributed by atoms with Crippen LogP contribution in [0.5, 0.6) is 11.5 Å². The predicted octanol–water partition coefficient (Wildman–Crippen LogP) is 3.09. The van der Waals surface area contributed by atoms with Crippen molar-refractivity contribution in [1.29, 1.82) is 5.41 Å². The molecule has 0 bridgehead atoms. The summed E-state index contributed by atoms with van der Waals surface area (Å²) in [5, 5.41) is 11.4. The van der Waals surface area contributed by atoms with Crippen molar-refractivity contribution < 1.29 is 23.9 Å². The van der Waals surface area contributed by atoms with Crippen molar-refractivity contribution in [2.45, 2.75) is 45.6 Å². The third-order valence-corrected chi connectivity index (χ3v) is 6.66. The smallest absolute Gasteiger partial charge is 0.253 e.